The normalized spacial score (nSPS) is 20.7. The zero-order chi connectivity index (χ0) is 17.1. The molecule has 2 heterocycles. The average molecular weight is 349 g/mol. The molecule has 0 spiro atoms. The molecule has 1 unspecified atom stereocenters. The fraction of sp³-hybridized carbons (Fsp3) is 0.444. The molecule has 24 heavy (non-hydrogen) atoms. The van der Waals surface area contributed by atoms with Gasteiger partial charge in [0.15, 0.2) is 0 Å². The molecule has 0 aliphatic carbocycles. The van der Waals surface area contributed by atoms with Gasteiger partial charge in [0.1, 0.15) is 5.75 Å². The Hall–Kier alpha value is -2.01. The number of halogens is 1. The molecule has 128 valence electrons. The molecule has 2 aliphatic heterocycles. The average Bonchev–Trinajstić information content (AvgIpc) is 2.61. The number of fused-ring (bicyclic) bond motifs is 1. The summed E-state index contributed by atoms with van der Waals surface area (Å²) in [6.45, 7) is 5.27. The Kier molecular flexibility index (Phi) is 5.09. The van der Waals surface area contributed by atoms with E-state index in [4.69, 9.17) is 16.3 Å². The largest absolute Gasteiger partial charge is 0.493 e. The van der Waals surface area contributed by atoms with Gasteiger partial charge in [0.2, 0.25) is 11.8 Å². The SMILES string of the molecule is C=CC(=O)N1CCC(C(=O)NC2CCOc3ccc(Cl)cc32)CC1. The van der Waals surface area contributed by atoms with E-state index in [1.807, 2.05) is 12.1 Å². The van der Waals surface area contributed by atoms with Gasteiger partial charge >= 0.3 is 0 Å². The van der Waals surface area contributed by atoms with Gasteiger partial charge in [0, 0.05) is 36.0 Å². The first-order valence-electron chi connectivity index (χ1n) is 8.22. The molecular formula is C18H21ClN2O3. The highest BCUT2D eigenvalue weighted by molar-refractivity contribution is 6.30. The van der Waals surface area contributed by atoms with Crippen LogP contribution in [0.4, 0.5) is 0 Å². The maximum Gasteiger partial charge on any atom is 0.245 e. The topological polar surface area (TPSA) is 58.6 Å². The molecule has 2 amide bonds. The number of carbonyl (C=O) groups is 2. The van der Waals surface area contributed by atoms with Gasteiger partial charge in [-0.3, -0.25) is 9.59 Å². The smallest absolute Gasteiger partial charge is 0.245 e. The van der Waals surface area contributed by atoms with Crippen LogP contribution >= 0.6 is 11.6 Å². The van der Waals surface area contributed by atoms with Crippen LogP contribution in [0.2, 0.25) is 5.02 Å². The number of nitrogens with zero attached hydrogens (tertiary/aromatic N) is 1. The summed E-state index contributed by atoms with van der Waals surface area (Å²) in [5.74, 6) is 0.687. The summed E-state index contributed by atoms with van der Waals surface area (Å²) >= 11 is 6.07. The van der Waals surface area contributed by atoms with Crippen molar-refractivity contribution in [3.05, 3.63) is 41.4 Å². The Balaban J connectivity index is 1.62. The number of hydrogen-bond donors (Lipinski definition) is 1. The lowest BCUT2D eigenvalue weighted by Gasteiger charge is -2.33. The van der Waals surface area contributed by atoms with Gasteiger partial charge in [0.05, 0.1) is 12.6 Å². The fourth-order valence-electron chi connectivity index (χ4n) is 3.30. The third-order valence-electron chi connectivity index (χ3n) is 4.68. The van der Waals surface area contributed by atoms with Crippen LogP contribution < -0.4 is 10.1 Å². The maximum absolute atomic E-state index is 12.6. The van der Waals surface area contributed by atoms with Gasteiger partial charge < -0.3 is 15.0 Å². The van der Waals surface area contributed by atoms with E-state index in [1.54, 1.807) is 11.0 Å². The molecule has 0 aromatic heterocycles. The Morgan fingerprint density at radius 3 is 2.75 bits per heavy atom. The van der Waals surface area contributed by atoms with Crippen molar-refractivity contribution in [1.29, 1.82) is 0 Å². The molecule has 1 N–H and O–H groups in total. The molecule has 2 aliphatic rings. The Bertz CT molecular complexity index is 654. The lowest BCUT2D eigenvalue weighted by molar-refractivity contribution is -0.132. The second kappa shape index (κ2) is 7.26. The van der Waals surface area contributed by atoms with Crippen molar-refractivity contribution in [2.75, 3.05) is 19.7 Å². The molecule has 1 aromatic carbocycles. The number of benzene rings is 1. The van der Waals surface area contributed by atoms with Crippen LogP contribution in [0.1, 0.15) is 30.9 Å². The lowest BCUT2D eigenvalue weighted by atomic mass is 9.94. The van der Waals surface area contributed by atoms with E-state index in [0.717, 1.165) is 17.7 Å². The lowest BCUT2D eigenvalue weighted by Crippen LogP contribution is -2.43. The summed E-state index contributed by atoms with van der Waals surface area (Å²) in [6.07, 6.45) is 3.41. The first kappa shape index (κ1) is 16.8. The number of amides is 2. The highest BCUT2D eigenvalue weighted by Crippen LogP contribution is 2.34. The second-order valence-electron chi connectivity index (χ2n) is 6.18. The molecule has 0 bridgehead atoms. The first-order valence-corrected chi connectivity index (χ1v) is 8.60. The van der Waals surface area contributed by atoms with Crippen molar-refractivity contribution in [1.82, 2.24) is 10.2 Å². The van der Waals surface area contributed by atoms with Crippen molar-refractivity contribution < 1.29 is 14.3 Å². The predicted molar refractivity (Wildman–Crippen MR) is 91.9 cm³/mol. The van der Waals surface area contributed by atoms with Crippen LogP contribution in [-0.4, -0.2) is 36.4 Å². The standard InChI is InChI=1S/C18H21ClN2O3/c1-2-17(22)21-8-5-12(6-9-21)18(23)20-15-7-10-24-16-4-3-13(19)11-14(15)16/h2-4,11-12,15H,1,5-10H2,(H,20,23). The number of nitrogens with one attached hydrogen (secondary N) is 1. The summed E-state index contributed by atoms with van der Waals surface area (Å²) in [4.78, 5) is 25.9. The van der Waals surface area contributed by atoms with Gasteiger partial charge in [-0.1, -0.05) is 18.2 Å². The third-order valence-corrected chi connectivity index (χ3v) is 4.91. The number of ether oxygens (including phenoxy) is 1. The van der Waals surface area contributed by atoms with Crippen molar-refractivity contribution in [3.63, 3.8) is 0 Å². The zero-order valence-electron chi connectivity index (χ0n) is 13.5. The second-order valence-corrected chi connectivity index (χ2v) is 6.62. The molecule has 1 saturated heterocycles. The molecule has 0 radical (unpaired) electrons. The van der Waals surface area contributed by atoms with Gasteiger partial charge in [-0.2, -0.15) is 0 Å². The molecular weight excluding hydrogens is 328 g/mol. The van der Waals surface area contributed by atoms with E-state index < -0.39 is 0 Å². The van der Waals surface area contributed by atoms with E-state index in [1.165, 1.54) is 6.08 Å². The highest BCUT2D eigenvalue weighted by atomic mass is 35.5. The molecule has 6 heteroatoms. The zero-order valence-corrected chi connectivity index (χ0v) is 14.2. The van der Waals surface area contributed by atoms with Crippen LogP contribution in [0.3, 0.4) is 0 Å². The van der Waals surface area contributed by atoms with E-state index in [0.29, 0.717) is 37.6 Å². The minimum absolute atomic E-state index is 0.0403. The highest BCUT2D eigenvalue weighted by Gasteiger charge is 2.30. The van der Waals surface area contributed by atoms with Crippen molar-refractivity contribution in [3.8, 4) is 5.75 Å². The van der Waals surface area contributed by atoms with Crippen LogP contribution in [0, 0.1) is 5.92 Å². The monoisotopic (exact) mass is 348 g/mol. The Morgan fingerprint density at radius 1 is 1.29 bits per heavy atom. The van der Waals surface area contributed by atoms with Crippen molar-refractivity contribution in [2.45, 2.75) is 25.3 Å². The summed E-state index contributed by atoms with van der Waals surface area (Å²) in [5, 5.41) is 3.76. The number of hydrogen-bond acceptors (Lipinski definition) is 3. The van der Waals surface area contributed by atoms with Gasteiger partial charge in [-0.25, -0.2) is 0 Å². The van der Waals surface area contributed by atoms with Crippen molar-refractivity contribution >= 4 is 23.4 Å². The number of rotatable bonds is 3. The Labute approximate surface area is 146 Å². The molecule has 0 saturated carbocycles. The van der Waals surface area contributed by atoms with Crippen LogP contribution in [0.5, 0.6) is 5.75 Å². The number of piperidine rings is 1. The van der Waals surface area contributed by atoms with Crippen LogP contribution in [0.25, 0.3) is 0 Å². The minimum atomic E-state index is -0.0761. The van der Waals surface area contributed by atoms with E-state index >= 15 is 0 Å². The molecule has 1 fully saturated rings. The van der Waals surface area contributed by atoms with Gasteiger partial charge in [-0.15, -0.1) is 0 Å². The predicted octanol–water partition coefficient (Wildman–Crippen LogP) is 2.70. The van der Waals surface area contributed by atoms with Crippen molar-refractivity contribution in [2.24, 2.45) is 5.92 Å². The summed E-state index contributed by atoms with van der Waals surface area (Å²) in [5.41, 5.74) is 0.932. The quantitative estimate of drug-likeness (QED) is 0.854. The fourth-order valence-corrected chi connectivity index (χ4v) is 3.48. The van der Waals surface area contributed by atoms with E-state index in [2.05, 4.69) is 11.9 Å². The summed E-state index contributed by atoms with van der Waals surface area (Å²) < 4.78 is 5.63. The van der Waals surface area contributed by atoms with E-state index in [-0.39, 0.29) is 23.8 Å². The molecule has 3 rings (SSSR count). The van der Waals surface area contributed by atoms with Gasteiger partial charge in [0.25, 0.3) is 0 Å². The van der Waals surface area contributed by atoms with Crippen LogP contribution in [-0.2, 0) is 9.59 Å². The molecule has 5 nitrogen and oxygen atoms in total. The minimum Gasteiger partial charge on any atom is -0.493 e. The van der Waals surface area contributed by atoms with Gasteiger partial charge in [-0.05, 0) is 37.1 Å². The number of carbonyl (C=O) groups excluding carboxylic acids is 2. The first-order chi connectivity index (χ1) is 11.6. The molecule has 1 atom stereocenters. The Morgan fingerprint density at radius 2 is 2.04 bits per heavy atom. The molecule has 1 aromatic rings. The number of likely N-dealkylation sites (tertiary alicyclic amines) is 1. The maximum atomic E-state index is 12.6. The summed E-state index contributed by atoms with van der Waals surface area (Å²) in [7, 11) is 0. The van der Waals surface area contributed by atoms with Crippen LogP contribution in [0.15, 0.2) is 30.9 Å². The third kappa shape index (κ3) is 3.56. The van der Waals surface area contributed by atoms with E-state index in [9.17, 15) is 9.59 Å². The summed E-state index contributed by atoms with van der Waals surface area (Å²) in [6, 6.07) is 5.41.